The van der Waals surface area contributed by atoms with Crippen LogP contribution in [0.25, 0.3) is 0 Å². The average molecular weight is 261 g/mol. The van der Waals surface area contributed by atoms with Crippen molar-refractivity contribution in [3.05, 3.63) is 29.3 Å². The molecule has 0 unspecified atom stereocenters. The van der Waals surface area contributed by atoms with Gasteiger partial charge in [0.1, 0.15) is 5.75 Å². The fourth-order valence-corrected chi connectivity index (χ4v) is 2.93. The van der Waals surface area contributed by atoms with Crippen LogP contribution < -0.4 is 10.1 Å². The summed E-state index contributed by atoms with van der Waals surface area (Å²) in [4.78, 5) is 13.0. The third kappa shape index (κ3) is 2.66. The summed E-state index contributed by atoms with van der Waals surface area (Å²) < 4.78 is 5.37. The van der Waals surface area contributed by atoms with E-state index in [-0.39, 0.29) is 11.2 Å². The van der Waals surface area contributed by atoms with E-state index in [9.17, 15) is 4.79 Å². The van der Waals surface area contributed by atoms with E-state index in [0.717, 1.165) is 43.5 Å². The molecule has 3 heteroatoms. The van der Waals surface area contributed by atoms with Crippen molar-refractivity contribution in [1.82, 2.24) is 5.32 Å². The lowest BCUT2D eigenvalue weighted by Crippen LogP contribution is -2.42. The van der Waals surface area contributed by atoms with Crippen molar-refractivity contribution >= 4 is 5.78 Å². The van der Waals surface area contributed by atoms with Crippen molar-refractivity contribution in [3.8, 4) is 5.75 Å². The van der Waals surface area contributed by atoms with Gasteiger partial charge in [-0.15, -0.1) is 0 Å². The van der Waals surface area contributed by atoms with Gasteiger partial charge in [0.15, 0.2) is 5.78 Å². The molecule has 1 fully saturated rings. The molecule has 1 aromatic carbocycles. The SMILES string of the molecule is CCC1(C(=O)c2cc(C)ccc2OC)CCNCC1. The Morgan fingerprint density at radius 3 is 2.63 bits per heavy atom. The van der Waals surface area contributed by atoms with Crippen LogP contribution in [0.1, 0.15) is 42.1 Å². The summed E-state index contributed by atoms with van der Waals surface area (Å²) in [5, 5.41) is 3.34. The maximum atomic E-state index is 13.0. The van der Waals surface area contributed by atoms with Gasteiger partial charge in [0, 0.05) is 5.41 Å². The van der Waals surface area contributed by atoms with Gasteiger partial charge in [0.05, 0.1) is 12.7 Å². The normalized spacial score (nSPS) is 18.1. The Balaban J connectivity index is 2.39. The van der Waals surface area contributed by atoms with Gasteiger partial charge in [-0.05, 0) is 51.4 Å². The topological polar surface area (TPSA) is 38.3 Å². The molecule has 1 aromatic rings. The van der Waals surface area contributed by atoms with E-state index in [0.29, 0.717) is 5.75 Å². The molecule has 0 radical (unpaired) electrons. The summed E-state index contributed by atoms with van der Waals surface area (Å²) in [6, 6.07) is 5.84. The lowest BCUT2D eigenvalue weighted by atomic mass is 9.71. The third-order valence-electron chi connectivity index (χ3n) is 4.32. The molecule has 2 rings (SSSR count). The quantitative estimate of drug-likeness (QED) is 0.847. The number of nitrogens with one attached hydrogen (secondary N) is 1. The second-order valence-electron chi connectivity index (χ2n) is 5.42. The standard InChI is InChI=1S/C16H23NO2/c1-4-16(7-9-17-10-8-16)15(18)13-11-12(2)5-6-14(13)19-3/h5-6,11,17H,4,7-10H2,1-3H3. The largest absolute Gasteiger partial charge is 0.496 e. The first-order chi connectivity index (χ1) is 9.13. The third-order valence-corrected chi connectivity index (χ3v) is 4.32. The Kier molecular flexibility index (Phi) is 4.25. The number of ether oxygens (including phenoxy) is 1. The minimum atomic E-state index is -0.216. The van der Waals surface area contributed by atoms with Crippen LogP contribution in [0.15, 0.2) is 18.2 Å². The second-order valence-corrected chi connectivity index (χ2v) is 5.42. The van der Waals surface area contributed by atoms with Crippen LogP contribution in [-0.4, -0.2) is 26.0 Å². The number of carbonyl (C=O) groups is 1. The van der Waals surface area contributed by atoms with E-state index in [1.54, 1.807) is 7.11 Å². The highest BCUT2D eigenvalue weighted by Crippen LogP contribution is 2.38. The maximum Gasteiger partial charge on any atom is 0.172 e. The molecule has 0 spiro atoms. The zero-order valence-corrected chi connectivity index (χ0v) is 12.1. The number of benzene rings is 1. The zero-order valence-electron chi connectivity index (χ0n) is 12.1. The van der Waals surface area contributed by atoms with Gasteiger partial charge in [0.25, 0.3) is 0 Å². The van der Waals surface area contributed by atoms with Crippen LogP contribution in [0.2, 0.25) is 0 Å². The molecular weight excluding hydrogens is 238 g/mol. The monoisotopic (exact) mass is 261 g/mol. The number of piperidine rings is 1. The van der Waals surface area contributed by atoms with Crippen molar-refractivity contribution in [2.45, 2.75) is 33.1 Å². The van der Waals surface area contributed by atoms with E-state index in [1.165, 1.54) is 0 Å². The molecule has 1 aliphatic heterocycles. The van der Waals surface area contributed by atoms with Gasteiger partial charge in [-0.2, -0.15) is 0 Å². The van der Waals surface area contributed by atoms with Crippen molar-refractivity contribution in [2.75, 3.05) is 20.2 Å². The van der Waals surface area contributed by atoms with Gasteiger partial charge in [-0.25, -0.2) is 0 Å². The minimum Gasteiger partial charge on any atom is -0.496 e. The molecule has 104 valence electrons. The summed E-state index contributed by atoms with van der Waals surface area (Å²) in [7, 11) is 1.63. The fourth-order valence-electron chi connectivity index (χ4n) is 2.93. The summed E-state index contributed by atoms with van der Waals surface area (Å²) in [5.74, 6) is 0.944. The molecule has 0 aromatic heterocycles. The van der Waals surface area contributed by atoms with Gasteiger partial charge in [-0.3, -0.25) is 4.79 Å². The first kappa shape index (κ1) is 14.1. The highest BCUT2D eigenvalue weighted by molar-refractivity contribution is 6.03. The lowest BCUT2D eigenvalue weighted by molar-refractivity contribution is 0.0714. The molecule has 1 saturated heterocycles. The first-order valence-electron chi connectivity index (χ1n) is 7.03. The van der Waals surface area contributed by atoms with Crippen LogP contribution in [0.5, 0.6) is 5.75 Å². The number of rotatable bonds is 4. The average Bonchev–Trinajstić information content (AvgIpc) is 2.47. The van der Waals surface area contributed by atoms with E-state index >= 15 is 0 Å². The van der Waals surface area contributed by atoms with E-state index in [4.69, 9.17) is 4.74 Å². The number of hydrogen-bond acceptors (Lipinski definition) is 3. The number of Topliss-reactive ketones (excluding diaryl/α,β-unsaturated/α-hetero) is 1. The van der Waals surface area contributed by atoms with E-state index in [1.807, 2.05) is 25.1 Å². The van der Waals surface area contributed by atoms with Crippen molar-refractivity contribution < 1.29 is 9.53 Å². The Bertz CT molecular complexity index is 462. The van der Waals surface area contributed by atoms with Crippen LogP contribution in [0.3, 0.4) is 0 Å². The summed E-state index contributed by atoms with van der Waals surface area (Å²) in [5.41, 5.74) is 1.63. The van der Waals surface area contributed by atoms with Gasteiger partial charge in [-0.1, -0.05) is 18.6 Å². The smallest absolute Gasteiger partial charge is 0.172 e. The lowest BCUT2D eigenvalue weighted by Gasteiger charge is -2.35. The Labute approximate surface area is 115 Å². The summed E-state index contributed by atoms with van der Waals surface area (Å²) in [6.07, 6.45) is 2.73. The maximum absolute atomic E-state index is 13.0. The van der Waals surface area contributed by atoms with Crippen molar-refractivity contribution in [3.63, 3.8) is 0 Å². The molecule has 0 atom stereocenters. The number of aryl methyl sites for hydroxylation is 1. The Hall–Kier alpha value is -1.35. The van der Waals surface area contributed by atoms with Crippen LogP contribution in [0.4, 0.5) is 0 Å². The molecule has 0 amide bonds. The molecule has 1 N–H and O–H groups in total. The Morgan fingerprint density at radius 1 is 1.37 bits per heavy atom. The highest BCUT2D eigenvalue weighted by atomic mass is 16.5. The highest BCUT2D eigenvalue weighted by Gasteiger charge is 2.39. The Morgan fingerprint density at radius 2 is 2.05 bits per heavy atom. The molecule has 0 aliphatic carbocycles. The van der Waals surface area contributed by atoms with Crippen molar-refractivity contribution in [1.29, 1.82) is 0 Å². The second kappa shape index (κ2) is 5.74. The fraction of sp³-hybridized carbons (Fsp3) is 0.562. The molecule has 1 heterocycles. The predicted molar refractivity (Wildman–Crippen MR) is 76.9 cm³/mol. The molecule has 1 aliphatic rings. The predicted octanol–water partition coefficient (Wildman–Crippen LogP) is 2.97. The van der Waals surface area contributed by atoms with E-state index < -0.39 is 0 Å². The number of carbonyl (C=O) groups excluding carboxylic acids is 1. The minimum absolute atomic E-state index is 0.216. The number of ketones is 1. The van der Waals surface area contributed by atoms with Gasteiger partial charge < -0.3 is 10.1 Å². The van der Waals surface area contributed by atoms with Gasteiger partial charge >= 0.3 is 0 Å². The number of hydrogen-bond donors (Lipinski definition) is 1. The summed E-state index contributed by atoms with van der Waals surface area (Å²) >= 11 is 0. The molecule has 0 bridgehead atoms. The first-order valence-corrected chi connectivity index (χ1v) is 7.03. The molecule has 0 saturated carbocycles. The molecular formula is C16H23NO2. The van der Waals surface area contributed by atoms with Gasteiger partial charge in [0.2, 0.25) is 0 Å². The summed E-state index contributed by atoms with van der Waals surface area (Å²) in [6.45, 7) is 5.98. The van der Waals surface area contributed by atoms with E-state index in [2.05, 4.69) is 12.2 Å². The zero-order chi connectivity index (χ0) is 13.9. The molecule has 3 nitrogen and oxygen atoms in total. The van der Waals surface area contributed by atoms with Crippen LogP contribution in [-0.2, 0) is 0 Å². The van der Waals surface area contributed by atoms with Crippen LogP contribution in [0, 0.1) is 12.3 Å². The number of methoxy groups -OCH3 is 1. The van der Waals surface area contributed by atoms with Crippen LogP contribution >= 0.6 is 0 Å². The molecule has 19 heavy (non-hydrogen) atoms. The van der Waals surface area contributed by atoms with Crippen molar-refractivity contribution in [2.24, 2.45) is 5.41 Å².